The minimum absolute atomic E-state index is 0.241. The van der Waals surface area contributed by atoms with Gasteiger partial charge in [-0.25, -0.2) is 0 Å². The summed E-state index contributed by atoms with van der Waals surface area (Å²) in [5, 5.41) is 10.5. The molecule has 98 valence electrons. The van der Waals surface area contributed by atoms with Gasteiger partial charge in [0.25, 0.3) is 0 Å². The Morgan fingerprint density at radius 3 is 3.00 bits per heavy atom. The van der Waals surface area contributed by atoms with Gasteiger partial charge in [-0.3, -0.25) is 0 Å². The lowest BCUT2D eigenvalue weighted by Crippen LogP contribution is -2.31. The minimum atomic E-state index is -0.554. The molecule has 1 fully saturated rings. The van der Waals surface area contributed by atoms with E-state index < -0.39 is 11.7 Å². The van der Waals surface area contributed by atoms with Gasteiger partial charge in [0.05, 0.1) is 5.60 Å². The lowest BCUT2D eigenvalue weighted by atomic mass is 9.89. The molecule has 2 aliphatic heterocycles. The third-order valence-electron chi connectivity index (χ3n) is 4.06. The van der Waals surface area contributed by atoms with Gasteiger partial charge in [0, 0.05) is 13.0 Å². The van der Waals surface area contributed by atoms with Crippen LogP contribution in [0.1, 0.15) is 43.9 Å². The van der Waals surface area contributed by atoms with Crippen LogP contribution in [0, 0.1) is 0 Å². The van der Waals surface area contributed by atoms with Crippen LogP contribution in [0.5, 0.6) is 5.75 Å². The van der Waals surface area contributed by atoms with Crippen molar-refractivity contribution in [3.63, 3.8) is 0 Å². The molecular weight excluding hydrogens is 228 g/mol. The second kappa shape index (κ2) is 4.25. The molecule has 0 aliphatic carbocycles. The first-order valence-corrected chi connectivity index (χ1v) is 6.70. The highest BCUT2D eigenvalue weighted by molar-refractivity contribution is 5.41. The zero-order valence-corrected chi connectivity index (χ0v) is 11.0. The quantitative estimate of drug-likeness (QED) is 0.874. The van der Waals surface area contributed by atoms with Gasteiger partial charge >= 0.3 is 0 Å². The molecule has 0 amide bonds. The van der Waals surface area contributed by atoms with Gasteiger partial charge in [0.1, 0.15) is 18.0 Å². The van der Waals surface area contributed by atoms with Crippen molar-refractivity contribution >= 4 is 0 Å². The number of hydrogen-bond donors (Lipinski definition) is 1. The lowest BCUT2D eigenvalue weighted by Gasteiger charge is -2.29. The molecule has 0 bridgehead atoms. The summed E-state index contributed by atoms with van der Waals surface area (Å²) in [5.74, 6) is 0.955. The predicted molar refractivity (Wildman–Crippen MR) is 68.8 cm³/mol. The smallest absolute Gasteiger partial charge is 0.123 e. The van der Waals surface area contributed by atoms with Crippen molar-refractivity contribution in [3.8, 4) is 5.75 Å². The summed E-state index contributed by atoms with van der Waals surface area (Å²) in [6.07, 6.45) is 2.55. The summed E-state index contributed by atoms with van der Waals surface area (Å²) >= 11 is 0. The predicted octanol–water partition coefficient (Wildman–Crippen LogP) is 2.61. The molecule has 3 heteroatoms. The van der Waals surface area contributed by atoms with Crippen LogP contribution in [0.3, 0.4) is 0 Å². The molecule has 1 N–H and O–H groups in total. The Bertz CT molecular complexity index is 449. The maximum Gasteiger partial charge on any atom is 0.123 e. The number of aliphatic hydroxyl groups is 1. The van der Waals surface area contributed by atoms with Gasteiger partial charge in [0.15, 0.2) is 0 Å². The van der Waals surface area contributed by atoms with E-state index in [0.29, 0.717) is 0 Å². The molecule has 1 saturated heterocycles. The normalized spacial score (nSPS) is 32.1. The second-order valence-corrected chi connectivity index (χ2v) is 5.67. The highest BCUT2D eigenvalue weighted by Crippen LogP contribution is 2.39. The van der Waals surface area contributed by atoms with Crippen molar-refractivity contribution in [1.82, 2.24) is 0 Å². The zero-order valence-electron chi connectivity index (χ0n) is 11.0. The molecule has 2 heterocycles. The molecule has 2 aliphatic rings. The molecule has 1 aromatic rings. The van der Waals surface area contributed by atoms with Crippen LogP contribution in [0.15, 0.2) is 18.2 Å². The fourth-order valence-corrected chi connectivity index (χ4v) is 2.98. The van der Waals surface area contributed by atoms with Crippen LogP contribution in [0.4, 0.5) is 0 Å². The summed E-state index contributed by atoms with van der Waals surface area (Å²) in [7, 11) is 0. The standard InChI is InChI=1S/C15H20O3/c1-10-8-12-9-11(4-5-13(12)18-10)14(16)15(2)6-3-7-17-15/h4-5,9-10,14,16H,3,6-8H2,1-2H3. The SMILES string of the molecule is CC1Cc2cc(C(O)C3(C)CCCO3)ccc2O1. The molecule has 0 spiro atoms. The zero-order chi connectivity index (χ0) is 12.8. The third-order valence-corrected chi connectivity index (χ3v) is 4.06. The molecule has 0 radical (unpaired) electrons. The van der Waals surface area contributed by atoms with Gasteiger partial charge < -0.3 is 14.6 Å². The van der Waals surface area contributed by atoms with Crippen molar-refractivity contribution in [2.75, 3.05) is 6.61 Å². The second-order valence-electron chi connectivity index (χ2n) is 5.67. The average molecular weight is 248 g/mol. The van der Waals surface area contributed by atoms with E-state index in [9.17, 15) is 5.11 Å². The van der Waals surface area contributed by atoms with Crippen LogP contribution in [0.2, 0.25) is 0 Å². The number of fused-ring (bicyclic) bond motifs is 1. The van der Waals surface area contributed by atoms with Gasteiger partial charge in [-0.05, 0) is 49.9 Å². The molecule has 3 rings (SSSR count). The number of ether oxygens (including phenoxy) is 2. The topological polar surface area (TPSA) is 38.7 Å². The van der Waals surface area contributed by atoms with Crippen LogP contribution in [-0.4, -0.2) is 23.4 Å². The fourth-order valence-electron chi connectivity index (χ4n) is 2.98. The van der Waals surface area contributed by atoms with E-state index in [2.05, 4.69) is 13.0 Å². The van der Waals surface area contributed by atoms with E-state index in [-0.39, 0.29) is 6.10 Å². The maximum absolute atomic E-state index is 10.5. The van der Waals surface area contributed by atoms with E-state index >= 15 is 0 Å². The van der Waals surface area contributed by atoms with Gasteiger partial charge in [-0.1, -0.05) is 6.07 Å². The van der Waals surface area contributed by atoms with Crippen molar-refractivity contribution in [2.45, 2.75) is 50.9 Å². The first kappa shape index (κ1) is 12.0. The molecule has 0 saturated carbocycles. The van der Waals surface area contributed by atoms with Gasteiger partial charge in [-0.15, -0.1) is 0 Å². The molecular formula is C15H20O3. The van der Waals surface area contributed by atoms with Crippen LogP contribution >= 0.6 is 0 Å². The van der Waals surface area contributed by atoms with Crippen molar-refractivity contribution in [2.24, 2.45) is 0 Å². The molecule has 3 atom stereocenters. The van der Waals surface area contributed by atoms with Gasteiger partial charge in [0.2, 0.25) is 0 Å². The summed E-state index contributed by atoms with van der Waals surface area (Å²) in [5.41, 5.74) is 1.70. The Kier molecular flexibility index (Phi) is 2.83. The van der Waals surface area contributed by atoms with Crippen molar-refractivity contribution < 1.29 is 14.6 Å². The average Bonchev–Trinajstić information content (AvgIpc) is 2.93. The number of aliphatic hydroxyl groups excluding tert-OH is 1. The molecule has 3 nitrogen and oxygen atoms in total. The minimum Gasteiger partial charge on any atom is -0.490 e. The first-order valence-electron chi connectivity index (χ1n) is 6.70. The van der Waals surface area contributed by atoms with Crippen LogP contribution < -0.4 is 4.74 Å². The summed E-state index contributed by atoms with van der Waals surface area (Å²) in [4.78, 5) is 0. The van der Waals surface area contributed by atoms with E-state index in [4.69, 9.17) is 9.47 Å². The van der Waals surface area contributed by atoms with Gasteiger partial charge in [-0.2, -0.15) is 0 Å². The van der Waals surface area contributed by atoms with E-state index in [1.807, 2.05) is 19.1 Å². The Labute approximate surface area is 108 Å². The first-order chi connectivity index (χ1) is 8.58. The monoisotopic (exact) mass is 248 g/mol. The van der Waals surface area contributed by atoms with E-state index in [0.717, 1.165) is 37.2 Å². The number of hydrogen-bond acceptors (Lipinski definition) is 3. The number of benzene rings is 1. The van der Waals surface area contributed by atoms with Crippen LogP contribution in [-0.2, 0) is 11.2 Å². The Balaban J connectivity index is 1.87. The molecule has 3 unspecified atom stereocenters. The van der Waals surface area contributed by atoms with Crippen molar-refractivity contribution in [3.05, 3.63) is 29.3 Å². The summed E-state index contributed by atoms with van der Waals surface area (Å²) < 4.78 is 11.4. The Morgan fingerprint density at radius 1 is 1.44 bits per heavy atom. The fraction of sp³-hybridized carbons (Fsp3) is 0.600. The molecule has 0 aromatic heterocycles. The largest absolute Gasteiger partial charge is 0.490 e. The highest BCUT2D eigenvalue weighted by atomic mass is 16.5. The highest BCUT2D eigenvalue weighted by Gasteiger charge is 2.38. The molecule has 18 heavy (non-hydrogen) atoms. The Hall–Kier alpha value is -1.06. The van der Waals surface area contributed by atoms with E-state index in [1.165, 1.54) is 5.56 Å². The summed E-state index contributed by atoms with van der Waals surface area (Å²) in [6, 6.07) is 5.99. The number of rotatable bonds is 2. The van der Waals surface area contributed by atoms with Crippen molar-refractivity contribution in [1.29, 1.82) is 0 Å². The summed E-state index contributed by atoms with van der Waals surface area (Å²) in [6.45, 7) is 4.81. The lowest BCUT2D eigenvalue weighted by molar-refractivity contribution is -0.0796. The third kappa shape index (κ3) is 1.91. The Morgan fingerprint density at radius 2 is 2.28 bits per heavy atom. The molecule has 1 aromatic carbocycles. The van der Waals surface area contributed by atoms with E-state index in [1.54, 1.807) is 0 Å². The van der Waals surface area contributed by atoms with Crippen LogP contribution in [0.25, 0.3) is 0 Å². The maximum atomic E-state index is 10.5.